The topological polar surface area (TPSA) is 40.6 Å². The van der Waals surface area contributed by atoms with Gasteiger partial charge in [0.25, 0.3) is 0 Å². The van der Waals surface area contributed by atoms with Crippen molar-refractivity contribution in [2.24, 2.45) is 0 Å². The molecule has 3 rings (SSSR count). The molecule has 0 unspecified atom stereocenters. The minimum absolute atomic E-state index is 0.0526. The van der Waals surface area contributed by atoms with Crippen molar-refractivity contribution in [2.75, 3.05) is 18.1 Å². The van der Waals surface area contributed by atoms with Crippen molar-refractivity contribution in [3.8, 4) is 0 Å². The molecule has 0 saturated carbocycles. The first kappa shape index (κ1) is 16.5. The van der Waals surface area contributed by atoms with Crippen molar-refractivity contribution < 1.29 is 9.59 Å². The van der Waals surface area contributed by atoms with E-state index in [-0.39, 0.29) is 24.9 Å². The van der Waals surface area contributed by atoms with Crippen LogP contribution in [-0.4, -0.2) is 29.9 Å². The van der Waals surface area contributed by atoms with Crippen LogP contribution in [0.3, 0.4) is 0 Å². The van der Waals surface area contributed by atoms with E-state index in [0.717, 1.165) is 12.0 Å². The van der Waals surface area contributed by atoms with E-state index in [1.54, 1.807) is 21.9 Å². The standard InChI is InChI=1S/C19H19ClN2O2/c20-16-8-4-9-17(13-16)22(14-21-11-5-10-18(21)23)19(24)12-15-6-2-1-3-7-15/h1-4,6-9,13H,5,10-12,14H2. The predicted molar refractivity (Wildman–Crippen MR) is 94.9 cm³/mol. The molecule has 5 heteroatoms. The Hall–Kier alpha value is -2.33. The minimum Gasteiger partial charge on any atom is -0.324 e. The van der Waals surface area contributed by atoms with Crippen LogP contribution in [0.25, 0.3) is 0 Å². The monoisotopic (exact) mass is 342 g/mol. The van der Waals surface area contributed by atoms with Crippen molar-refractivity contribution in [2.45, 2.75) is 19.3 Å². The van der Waals surface area contributed by atoms with Gasteiger partial charge in [0.15, 0.2) is 0 Å². The predicted octanol–water partition coefficient (Wildman–Crippen LogP) is 3.50. The molecule has 1 heterocycles. The van der Waals surface area contributed by atoms with Crippen LogP contribution in [0.15, 0.2) is 54.6 Å². The molecule has 1 aliphatic heterocycles. The van der Waals surface area contributed by atoms with Crippen molar-refractivity contribution >= 4 is 29.1 Å². The van der Waals surface area contributed by atoms with Gasteiger partial charge in [-0.2, -0.15) is 0 Å². The largest absolute Gasteiger partial charge is 0.324 e. The normalized spacial score (nSPS) is 14.0. The van der Waals surface area contributed by atoms with E-state index >= 15 is 0 Å². The molecule has 0 N–H and O–H groups in total. The molecule has 1 aliphatic rings. The molecule has 1 fully saturated rings. The molecule has 0 bridgehead atoms. The molecule has 1 saturated heterocycles. The lowest BCUT2D eigenvalue weighted by Crippen LogP contribution is -2.43. The Kier molecular flexibility index (Phi) is 5.16. The Morgan fingerprint density at radius 2 is 1.92 bits per heavy atom. The highest BCUT2D eigenvalue weighted by molar-refractivity contribution is 6.30. The Balaban J connectivity index is 1.83. The SMILES string of the molecule is O=C1CCCN1CN(C(=O)Cc1ccccc1)c1cccc(Cl)c1. The zero-order valence-corrected chi connectivity index (χ0v) is 14.1. The van der Waals surface area contributed by atoms with Gasteiger partial charge in [-0.1, -0.05) is 48.0 Å². The third-order valence-corrected chi connectivity index (χ3v) is 4.34. The fraction of sp³-hybridized carbons (Fsp3) is 0.263. The summed E-state index contributed by atoms with van der Waals surface area (Å²) in [5.74, 6) is 0.0395. The third-order valence-electron chi connectivity index (χ3n) is 4.10. The number of carbonyl (C=O) groups is 2. The summed E-state index contributed by atoms with van der Waals surface area (Å²) in [5.41, 5.74) is 1.66. The van der Waals surface area contributed by atoms with Crippen LogP contribution >= 0.6 is 11.6 Å². The van der Waals surface area contributed by atoms with Crippen LogP contribution in [0.2, 0.25) is 5.02 Å². The van der Waals surface area contributed by atoms with Crippen molar-refractivity contribution in [1.29, 1.82) is 0 Å². The number of rotatable bonds is 5. The Labute approximate surface area is 146 Å². The first-order chi connectivity index (χ1) is 11.6. The van der Waals surface area contributed by atoms with Gasteiger partial charge >= 0.3 is 0 Å². The summed E-state index contributed by atoms with van der Waals surface area (Å²) in [7, 11) is 0. The van der Waals surface area contributed by atoms with E-state index < -0.39 is 0 Å². The van der Waals surface area contributed by atoms with Crippen molar-refractivity contribution in [3.05, 3.63) is 65.2 Å². The number of nitrogens with zero attached hydrogens (tertiary/aromatic N) is 2. The van der Waals surface area contributed by atoms with Crippen LogP contribution in [-0.2, 0) is 16.0 Å². The average molecular weight is 343 g/mol. The van der Waals surface area contributed by atoms with Crippen LogP contribution in [0.4, 0.5) is 5.69 Å². The van der Waals surface area contributed by atoms with Gasteiger partial charge in [-0.15, -0.1) is 0 Å². The maximum Gasteiger partial charge on any atom is 0.232 e. The number of anilines is 1. The maximum atomic E-state index is 12.9. The molecule has 0 aromatic heterocycles. The molecule has 2 amide bonds. The summed E-state index contributed by atoms with van der Waals surface area (Å²) in [4.78, 5) is 28.2. The highest BCUT2D eigenvalue weighted by Gasteiger charge is 2.25. The van der Waals surface area contributed by atoms with Gasteiger partial charge in [-0.05, 0) is 30.2 Å². The molecule has 0 aliphatic carbocycles. The van der Waals surface area contributed by atoms with Gasteiger partial charge in [-0.25, -0.2) is 0 Å². The van der Waals surface area contributed by atoms with Gasteiger partial charge in [0, 0.05) is 23.7 Å². The second-order valence-electron chi connectivity index (χ2n) is 5.87. The number of amides is 2. The van der Waals surface area contributed by atoms with Crippen LogP contribution < -0.4 is 4.90 Å². The van der Waals surface area contributed by atoms with E-state index in [2.05, 4.69) is 0 Å². The first-order valence-electron chi connectivity index (χ1n) is 8.01. The lowest BCUT2D eigenvalue weighted by molar-refractivity contribution is -0.128. The van der Waals surface area contributed by atoms with E-state index in [9.17, 15) is 9.59 Å². The molecular weight excluding hydrogens is 324 g/mol. The Bertz CT molecular complexity index is 733. The number of halogens is 1. The number of benzene rings is 2. The van der Waals surface area contributed by atoms with Crippen LogP contribution in [0.5, 0.6) is 0 Å². The molecule has 24 heavy (non-hydrogen) atoms. The first-order valence-corrected chi connectivity index (χ1v) is 8.39. The summed E-state index contributed by atoms with van der Waals surface area (Å²) in [6, 6.07) is 16.8. The van der Waals surface area contributed by atoms with Gasteiger partial charge in [-0.3, -0.25) is 14.5 Å². The summed E-state index contributed by atoms with van der Waals surface area (Å²) in [6.45, 7) is 0.958. The van der Waals surface area contributed by atoms with Gasteiger partial charge < -0.3 is 4.90 Å². The van der Waals surface area contributed by atoms with Gasteiger partial charge in [0.05, 0.1) is 6.42 Å². The number of carbonyl (C=O) groups excluding carboxylic acids is 2. The van der Waals surface area contributed by atoms with E-state index in [1.807, 2.05) is 42.5 Å². The molecule has 124 valence electrons. The molecular formula is C19H19ClN2O2. The highest BCUT2D eigenvalue weighted by Crippen LogP contribution is 2.22. The molecule has 0 radical (unpaired) electrons. The van der Waals surface area contributed by atoms with Crippen LogP contribution in [0.1, 0.15) is 18.4 Å². The molecule has 2 aromatic carbocycles. The quantitative estimate of drug-likeness (QED) is 0.834. The smallest absolute Gasteiger partial charge is 0.232 e. The van der Waals surface area contributed by atoms with Crippen molar-refractivity contribution in [1.82, 2.24) is 4.90 Å². The number of hydrogen-bond acceptors (Lipinski definition) is 2. The minimum atomic E-state index is -0.0526. The summed E-state index contributed by atoms with van der Waals surface area (Å²) >= 11 is 6.08. The fourth-order valence-electron chi connectivity index (χ4n) is 2.84. The zero-order valence-electron chi connectivity index (χ0n) is 13.3. The lowest BCUT2D eigenvalue weighted by atomic mass is 10.1. The second-order valence-corrected chi connectivity index (χ2v) is 6.30. The number of hydrogen-bond donors (Lipinski definition) is 0. The second kappa shape index (κ2) is 7.49. The van der Waals surface area contributed by atoms with E-state index in [4.69, 9.17) is 11.6 Å². The third kappa shape index (κ3) is 3.95. The van der Waals surface area contributed by atoms with E-state index in [1.165, 1.54) is 0 Å². The Morgan fingerprint density at radius 3 is 2.58 bits per heavy atom. The lowest BCUT2D eigenvalue weighted by Gasteiger charge is -2.28. The Morgan fingerprint density at radius 1 is 1.12 bits per heavy atom. The van der Waals surface area contributed by atoms with Crippen molar-refractivity contribution in [3.63, 3.8) is 0 Å². The summed E-state index contributed by atoms with van der Waals surface area (Å²) < 4.78 is 0. The zero-order chi connectivity index (χ0) is 16.9. The molecule has 0 spiro atoms. The van der Waals surface area contributed by atoms with Crippen LogP contribution in [0, 0.1) is 0 Å². The average Bonchev–Trinajstić information content (AvgIpc) is 2.98. The van der Waals surface area contributed by atoms with Gasteiger partial charge in [0.2, 0.25) is 11.8 Å². The molecule has 4 nitrogen and oxygen atoms in total. The summed E-state index contributed by atoms with van der Waals surface area (Å²) in [5, 5.41) is 0.567. The fourth-order valence-corrected chi connectivity index (χ4v) is 3.02. The summed E-state index contributed by atoms with van der Waals surface area (Å²) in [6.07, 6.45) is 1.68. The van der Waals surface area contributed by atoms with E-state index in [0.29, 0.717) is 23.7 Å². The maximum absolute atomic E-state index is 12.9. The number of likely N-dealkylation sites (tertiary alicyclic amines) is 1. The molecule has 0 atom stereocenters. The molecule has 2 aromatic rings. The van der Waals surface area contributed by atoms with Gasteiger partial charge in [0.1, 0.15) is 6.67 Å². The highest BCUT2D eigenvalue weighted by atomic mass is 35.5.